The first-order valence-corrected chi connectivity index (χ1v) is 9.00. The molecule has 2 aromatic carbocycles. The highest BCUT2D eigenvalue weighted by atomic mass is 19.4. The predicted octanol–water partition coefficient (Wildman–Crippen LogP) is 5.24. The minimum atomic E-state index is -4.43. The van der Waals surface area contributed by atoms with Gasteiger partial charge < -0.3 is 9.88 Å². The highest BCUT2D eigenvalue weighted by molar-refractivity contribution is 5.94. The van der Waals surface area contributed by atoms with Gasteiger partial charge in [-0.05, 0) is 60.9 Å². The van der Waals surface area contributed by atoms with E-state index in [9.17, 15) is 22.4 Å². The lowest BCUT2D eigenvalue weighted by Crippen LogP contribution is -2.27. The Labute approximate surface area is 166 Å². The van der Waals surface area contributed by atoms with Crippen LogP contribution in [0, 0.1) is 19.7 Å². The van der Waals surface area contributed by atoms with E-state index in [0.29, 0.717) is 17.8 Å². The van der Waals surface area contributed by atoms with Gasteiger partial charge in [-0.2, -0.15) is 13.2 Å². The summed E-state index contributed by atoms with van der Waals surface area (Å²) in [7, 11) is 0. The second-order valence-electron chi connectivity index (χ2n) is 6.91. The van der Waals surface area contributed by atoms with Gasteiger partial charge in [0.1, 0.15) is 11.5 Å². The number of aryl methyl sites for hydroxylation is 2. The fourth-order valence-corrected chi connectivity index (χ4v) is 3.25. The molecule has 1 amide bonds. The van der Waals surface area contributed by atoms with E-state index in [4.69, 9.17) is 0 Å². The van der Waals surface area contributed by atoms with Crippen LogP contribution in [-0.4, -0.2) is 10.5 Å². The molecule has 1 N–H and O–H groups in total. The monoisotopic (exact) mass is 404 g/mol. The molecule has 0 bridgehead atoms. The van der Waals surface area contributed by atoms with Crippen LogP contribution in [0.4, 0.5) is 17.6 Å². The first kappa shape index (κ1) is 20.6. The molecule has 3 nitrogen and oxygen atoms in total. The minimum absolute atomic E-state index is 0.0248. The molecule has 0 aliphatic rings. The number of alkyl halides is 3. The van der Waals surface area contributed by atoms with Gasteiger partial charge in [-0.25, -0.2) is 4.39 Å². The van der Waals surface area contributed by atoms with Gasteiger partial charge in [0.15, 0.2) is 0 Å². The Balaban J connectivity index is 1.78. The zero-order chi connectivity index (χ0) is 21.2. The van der Waals surface area contributed by atoms with Gasteiger partial charge in [-0.1, -0.05) is 24.3 Å². The molecular formula is C22H20F4N2O. The van der Waals surface area contributed by atoms with Crippen molar-refractivity contribution in [1.29, 1.82) is 0 Å². The van der Waals surface area contributed by atoms with Crippen molar-refractivity contribution in [3.05, 3.63) is 94.1 Å². The maximum absolute atomic E-state index is 13.1. The third kappa shape index (κ3) is 4.85. The van der Waals surface area contributed by atoms with E-state index in [1.54, 1.807) is 19.1 Å². The number of carbonyl (C=O) groups is 1. The summed E-state index contributed by atoms with van der Waals surface area (Å²) >= 11 is 0. The number of amides is 1. The Morgan fingerprint density at radius 1 is 1.00 bits per heavy atom. The molecule has 3 rings (SSSR count). The predicted molar refractivity (Wildman–Crippen MR) is 102 cm³/mol. The highest BCUT2D eigenvalue weighted by Gasteiger charge is 2.30. The normalized spacial score (nSPS) is 11.5. The number of benzene rings is 2. The molecule has 0 aliphatic carbocycles. The van der Waals surface area contributed by atoms with E-state index in [1.165, 1.54) is 24.3 Å². The molecule has 0 spiro atoms. The second kappa shape index (κ2) is 8.11. The third-order valence-corrected chi connectivity index (χ3v) is 4.67. The molecule has 29 heavy (non-hydrogen) atoms. The Morgan fingerprint density at radius 3 is 2.34 bits per heavy atom. The Bertz CT molecular complexity index is 1020. The maximum atomic E-state index is 13.1. The van der Waals surface area contributed by atoms with E-state index in [0.717, 1.165) is 29.0 Å². The fraction of sp³-hybridized carbons (Fsp3) is 0.227. The number of carbonyl (C=O) groups excluding carboxylic acids is 1. The molecular weight excluding hydrogens is 384 g/mol. The van der Waals surface area contributed by atoms with E-state index >= 15 is 0 Å². The van der Waals surface area contributed by atoms with Crippen molar-refractivity contribution < 1.29 is 22.4 Å². The number of aromatic nitrogens is 1. The fourth-order valence-electron chi connectivity index (χ4n) is 3.25. The first-order chi connectivity index (χ1) is 13.6. The summed E-state index contributed by atoms with van der Waals surface area (Å²) in [4.78, 5) is 12.8. The lowest BCUT2D eigenvalue weighted by atomic mass is 10.1. The van der Waals surface area contributed by atoms with Crippen molar-refractivity contribution in [2.24, 2.45) is 0 Å². The van der Waals surface area contributed by atoms with E-state index in [2.05, 4.69) is 5.32 Å². The van der Waals surface area contributed by atoms with Gasteiger partial charge in [-0.3, -0.25) is 4.79 Å². The summed E-state index contributed by atoms with van der Waals surface area (Å²) in [5.41, 5.74) is 2.48. The standard InChI is InChI=1S/C22H20F4N2O/c1-14-10-15(2)28(13-16-6-8-19(23)9-7-16)20(14)21(29)27-12-17-4-3-5-18(11-17)22(24,25)26/h3-11H,12-13H2,1-2H3,(H,27,29). The first-order valence-electron chi connectivity index (χ1n) is 9.00. The Kier molecular flexibility index (Phi) is 5.77. The summed E-state index contributed by atoms with van der Waals surface area (Å²) in [6.45, 7) is 4.02. The quantitative estimate of drug-likeness (QED) is 0.580. The molecule has 0 atom stereocenters. The van der Waals surface area contributed by atoms with Gasteiger partial charge in [0.2, 0.25) is 0 Å². The average Bonchev–Trinajstić information content (AvgIpc) is 2.94. The summed E-state index contributed by atoms with van der Waals surface area (Å²) < 4.78 is 53.5. The van der Waals surface area contributed by atoms with Crippen LogP contribution in [0.2, 0.25) is 0 Å². The van der Waals surface area contributed by atoms with Crippen LogP contribution in [0.3, 0.4) is 0 Å². The van der Waals surface area contributed by atoms with Gasteiger partial charge in [0.25, 0.3) is 5.91 Å². The van der Waals surface area contributed by atoms with Crippen LogP contribution >= 0.6 is 0 Å². The summed E-state index contributed by atoms with van der Waals surface area (Å²) in [6, 6.07) is 12.7. The molecule has 0 unspecified atom stereocenters. The van der Waals surface area contributed by atoms with E-state index in [-0.39, 0.29) is 18.3 Å². The molecule has 152 valence electrons. The van der Waals surface area contributed by atoms with Gasteiger partial charge in [0, 0.05) is 18.8 Å². The number of hydrogen-bond acceptors (Lipinski definition) is 1. The Morgan fingerprint density at radius 2 is 1.69 bits per heavy atom. The van der Waals surface area contributed by atoms with E-state index < -0.39 is 11.7 Å². The zero-order valence-corrected chi connectivity index (χ0v) is 16.0. The minimum Gasteiger partial charge on any atom is -0.347 e. The summed E-state index contributed by atoms with van der Waals surface area (Å²) in [5.74, 6) is -0.719. The highest BCUT2D eigenvalue weighted by Crippen LogP contribution is 2.29. The van der Waals surface area contributed by atoms with Crippen LogP contribution in [0.15, 0.2) is 54.6 Å². The van der Waals surface area contributed by atoms with Gasteiger partial charge in [-0.15, -0.1) is 0 Å². The number of hydrogen-bond donors (Lipinski definition) is 1. The molecule has 1 heterocycles. The van der Waals surface area contributed by atoms with Crippen LogP contribution in [0.1, 0.15) is 38.4 Å². The van der Waals surface area contributed by atoms with Gasteiger partial charge in [0.05, 0.1) is 5.56 Å². The third-order valence-electron chi connectivity index (χ3n) is 4.67. The molecule has 0 saturated carbocycles. The number of nitrogens with zero attached hydrogens (tertiary/aromatic N) is 1. The van der Waals surface area contributed by atoms with Crippen LogP contribution in [-0.2, 0) is 19.3 Å². The Hall–Kier alpha value is -3.09. The topological polar surface area (TPSA) is 34.0 Å². The molecule has 1 aromatic heterocycles. The van der Waals surface area contributed by atoms with Crippen molar-refractivity contribution in [3.63, 3.8) is 0 Å². The summed E-state index contributed by atoms with van der Waals surface area (Å²) in [5, 5.41) is 2.70. The van der Waals surface area contributed by atoms with Gasteiger partial charge >= 0.3 is 6.18 Å². The average molecular weight is 404 g/mol. The zero-order valence-electron chi connectivity index (χ0n) is 16.0. The lowest BCUT2D eigenvalue weighted by Gasteiger charge is -2.14. The maximum Gasteiger partial charge on any atom is 0.416 e. The van der Waals surface area contributed by atoms with Crippen LogP contribution < -0.4 is 5.32 Å². The van der Waals surface area contributed by atoms with Crippen molar-refractivity contribution in [3.8, 4) is 0 Å². The molecule has 0 aliphatic heterocycles. The van der Waals surface area contributed by atoms with Crippen LogP contribution in [0.25, 0.3) is 0 Å². The smallest absolute Gasteiger partial charge is 0.347 e. The van der Waals surface area contributed by atoms with Crippen molar-refractivity contribution in [1.82, 2.24) is 9.88 Å². The molecule has 7 heteroatoms. The molecule has 0 fully saturated rings. The number of nitrogens with one attached hydrogen (secondary N) is 1. The van der Waals surface area contributed by atoms with Crippen molar-refractivity contribution in [2.45, 2.75) is 33.1 Å². The number of halogens is 4. The molecule has 0 saturated heterocycles. The largest absolute Gasteiger partial charge is 0.416 e. The van der Waals surface area contributed by atoms with E-state index in [1.807, 2.05) is 17.6 Å². The van der Waals surface area contributed by atoms with Crippen LogP contribution in [0.5, 0.6) is 0 Å². The van der Waals surface area contributed by atoms with Crippen molar-refractivity contribution in [2.75, 3.05) is 0 Å². The molecule has 0 radical (unpaired) electrons. The van der Waals surface area contributed by atoms with Crippen molar-refractivity contribution >= 4 is 5.91 Å². The lowest BCUT2D eigenvalue weighted by molar-refractivity contribution is -0.137. The molecule has 3 aromatic rings. The summed E-state index contributed by atoms with van der Waals surface area (Å²) in [6.07, 6.45) is -4.43. The SMILES string of the molecule is Cc1cc(C)n(Cc2ccc(F)cc2)c1C(=O)NCc1cccc(C(F)(F)F)c1. The number of rotatable bonds is 5. The second-order valence-corrected chi connectivity index (χ2v) is 6.91.